The molecule has 66 valence electrons. The molecule has 2 heterocycles. The van der Waals surface area contributed by atoms with E-state index in [2.05, 4.69) is 5.32 Å². The molecule has 3 fully saturated rings. The lowest BCUT2D eigenvalue weighted by molar-refractivity contribution is -0.121. The molecule has 0 radical (unpaired) electrons. The molecule has 0 aromatic carbocycles. The van der Waals surface area contributed by atoms with E-state index in [1.54, 1.807) is 0 Å². The van der Waals surface area contributed by atoms with Crippen molar-refractivity contribution in [3.8, 4) is 0 Å². The molecule has 4 heteroatoms. The van der Waals surface area contributed by atoms with Crippen molar-refractivity contribution in [3.05, 3.63) is 0 Å². The van der Waals surface area contributed by atoms with Crippen molar-refractivity contribution in [2.45, 2.75) is 18.5 Å². The van der Waals surface area contributed by atoms with Gasteiger partial charge < -0.3 is 10.4 Å². The summed E-state index contributed by atoms with van der Waals surface area (Å²) < 4.78 is 13.2. The molecule has 0 aromatic rings. The number of fused-ring (bicyclic) bond motifs is 2. The van der Waals surface area contributed by atoms with Crippen LogP contribution in [0.15, 0.2) is 0 Å². The SMILES string of the molecule is Cl.OCC12CNCC(F)(C1)C2. The number of piperidine rings is 2. The summed E-state index contributed by atoms with van der Waals surface area (Å²) in [5.74, 6) is 0. The fourth-order valence-corrected chi connectivity index (χ4v) is 2.26. The maximum absolute atomic E-state index is 13.2. The summed E-state index contributed by atoms with van der Waals surface area (Å²) in [6.07, 6.45) is 1.12. The van der Waals surface area contributed by atoms with Gasteiger partial charge in [-0.3, -0.25) is 0 Å². The molecule has 1 aliphatic carbocycles. The standard InChI is InChI=1S/C7H12FNO.ClH/c8-7-1-6(2-7,5-10)3-9-4-7;/h9-10H,1-5H2;1H. The Labute approximate surface area is 71.6 Å². The molecule has 11 heavy (non-hydrogen) atoms. The monoisotopic (exact) mass is 181 g/mol. The summed E-state index contributed by atoms with van der Waals surface area (Å²) in [6, 6.07) is 0. The van der Waals surface area contributed by atoms with E-state index in [0.29, 0.717) is 19.4 Å². The molecule has 1 saturated carbocycles. The molecule has 2 N–H and O–H groups in total. The van der Waals surface area contributed by atoms with Crippen molar-refractivity contribution < 1.29 is 9.50 Å². The zero-order valence-electron chi connectivity index (χ0n) is 6.27. The maximum atomic E-state index is 13.2. The number of hydrogen-bond acceptors (Lipinski definition) is 2. The predicted octanol–water partition coefficient (Wildman–Crippen LogP) is 0.492. The summed E-state index contributed by atoms with van der Waals surface area (Å²) >= 11 is 0. The summed E-state index contributed by atoms with van der Waals surface area (Å²) in [5.41, 5.74) is -1.09. The molecule has 0 unspecified atom stereocenters. The molecule has 2 nitrogen and oxygen atoms in total. The highest BCUT2D eigenvalue weighted by molar-refractivity contribution is 5.85. The largest absolute Gasteiger partial charge is 0.396 e. The number of nitrogens with one attached hydrogen (secondary N) is 1. The first-order chi connectivity index (χ1) is 4.68. The van der Waals surface area contributed by atoms with Gasteiger partial charge >= 0.3 is 0 Å². The summed E-state index contributed by atoms with van der Waals surface area (Å²) in [4.78, 5) is 0. The van der Waals surface area contributed by atoms with E-state index < -0.39 is 5.67 Å². The fourth-order valence-electron chi connectivity index (χ4n) is 2.26. The van der Waals surface area contributed by atoms with Crippen LogP contribution in [0.25, 0.3) is 0 Å². The van der Waals surface area contributed by atoms with E-state index in [-0.39, 0.29) is 24.4 Å². The van der Waals surface area contributed by atoms with Crippen molar-refractivity contribution in [1.82, 2.24) is 5.32 Å². The molecular weight excluding hydrogens is 169 g/mol. The third kappa shape index (κ3) is 1.25. The molecule has 3 aliphatic rings. The average molecular weight is 182 g/mol. The third-order valence-corrected chi connectivity index (χ3v) is 2.66. The highest BCUT2D eigenvalue weighted by Crippen LogP contribution is 2.52. The van der Waals surface area contributed by atoms with Gasteiger partial charge in [0, 0.05) is 18.5 Å². The van der Waals surface area contributed by atoms with Crippen molar-refractivity contribution >= 4 is 12.4 Å². The second-order valence-corrected chi connectivity index (χ2v) is 3.77. The number of aliphatic hydroxyl groups is 1. The van der Waals surface area contributed by atoms with Crippen LogP contribution in [0, 0.1) is 5.41 Å². The molecule has 2 aliphatic heterocycles. The van der Waals surface area contributed by atoms with Crippen LogP contribution in [0.3, 0.4) is 0 Å². The Bertz CT molecular complexity index is 159. The van der Waals surface area contributed by atoms with Gasteiger partial charge in [-0.15, -0.1) is 12.4 Å². The molecule has 3 rings (SSSR count). The Kier molecular flexibility index (Phi) is 2.16. The smallest absolute Gasteiger partial charge is 0.124 e. The van der Waals surface area contributed by atoms with Crippen molar-refractivity contribution in [2.24, 2.45) is 5.41 Å². The van der Waals surface area contributed by atoms with E-state index in [1.807, 2.05) is 0 Å². The minimum Gasteiger partial charge on any atom is -0.396 e. The average Bonchev–Trinajstić information content (AvgIpc) is 1.86. The van der Waals surface area contributed by atoms with Gasteiger partial charge in [0.1, 0.15) is 5.67 Å². The highest BCUT2D eigenvalue weighted by Gasteiger charge is 2.57. The number of aliphatic hydroxyl groups excluding tert-OH is 1. The molecule has 2 bridgehead atoms. The van der Waals surface area contributed by atoms with Crippen LogP contribution in [0.2, 0.25) is 0 Å². The first kappa shape index (κ1) is 9.23. The Balaban J connectivity index is 0.000000605. The van der Waals surface area contributed by atoms with E-state index in [4.69, 9.17) is 5.11 Å². The van der Waals surface area contributed by atoms with Gasteiger partial charge in [-0.2, -0.15) is 0 Å². The van der Waals surface area contributed by atoms with Crippen molar-refractivity contribution in [3.63, 3.8) is 0 Å². The van der Waals surface area contributed by atoms with Crippen LogP contribution in [0.1, 0.15) is 12.8 Å². The quantitative estimate of drug-likeness (QED) is 0.617. The van der Waals surface area contributed by atoms with Gasteiger partial charge in [-0.1, -0.05) is 0 Å². The minimum atomic E-state index is -0.985. The van der Waals surface area contributed by atoms with E-state index in [0.717, 1.165) is 6.54 Å². The summed E-state index contributed by atoms with van der Waals surface area (Å²) in [5, 5.41) is 11.9. The third-order valence-electron chi connectivity index (χ3n) is 2.66. The summed E-state index contributed by atoms with van der Waals surface area (Å²) in [7, 11) is 0. The normalized spacial score (nSPS) is 47.5. The number of rotatable bonds is 1. The lowest BCUT2D eigenvalue weighted by Gasteiger charge is -2.55. The molecule has 2 saturated heterocycles. The first-order valence-electron chi connectivity index (χ1n) is 3.69. The first-order valence-corrected chi connectivity index (χ1v) is 3.69. The summed E-state index contributed by atoms with van der Waals surface area (Å²) in [6.45, 7) is 1.40. The molecule has 0 aromatic heterocycles. The van der Waals surface area contributed by atoms with Gasteiger partial charge in [0.05, 0.1) is 6.61 Å². The number of alkyl halides is 1. The Hall–Kier alpha value is 0.140. The van der Waals surface area contributed by atoms with Gasteiger partial charge in [0.25, 0.3) is 0 Å². The van der Waals surface area contributed by atoms with Gasteiger partial charge in [0.15, 0.2) is 0 Å². The number of halogens is 2. The van der Waals surface area contributed by atoms with Gasteiger partial charge in [-0.05, 0) is 12.8 Å². The zero-order valence-corrected chi connectivity index (χ0v) is 7.09. The Morgan fingerprint density at radius 2 is 2.00 bits per heavy atom. The minimum absolute atomic E-state index is 0. The van der Waals surface area contributed by atoms with Crippen molar-refractivity contribution in [2.75, 3.05) is 19.7 Å². The zero-order chi connectivity index (χ0) is 7.24. The van der Waals surface area contributed by atoms with Crippen LogP contribution in [-0.2, 0) is 0 Å². The van der Waals surface area contributed by atoms with Crippen molar-refractivity contribution in [1.29, 1.82) is 0 Å². The molecule has 0 spiro atoms. The van der Waals surface area contributed by atoms with Crippen LogP contribution in [-0.4, -0.2) is 30.5 Å². The van der Waals surface area contributed by atoms with Crippen LogP contribution in [0.5, 0.6) is 0 Å². The number of hydrogen-bond donors (Lipinski definition) is 2. The lowest BCUT2D eigenvalue weighted by atomic mass is 9.58. The molecule has 0 amide bonds. The van der Waals surface area contributed by atoms with Gasteiger partial charge in [0.2, 0.25) is 0 Å². The topological polar surface area (TPSA) is 32.3 Å². The molecule has 0 atom stereocenters. The molecular formula is C7H13ClFNO. The second kappa shape index (κ2) is 2.57. The second-order valence-electron chi connectivity index (χ2n) is 3.77. The predicted molar refractivity (Wildman–Crippen MR) is 42.7 cm³/mol. The van der Waals surface area contributed by atoms with Crippen LogP contribution < -0.4 is 5.32 Å². The maximum Gasteiger partial charge on any atom is 0.124 e. The van der Waals surface area contributed by atoms with E-state index in [1.165, 1.54) is 0 Å². The van der Waals surface area contributed by atoms with E-state index in [9.17, 15) is 4.39 Å². The lowest BCUT2D eigenvalue weighted by Crippen LogP contribution is -2.65. The fraction of sp³-hybridized carbons (Fsp3) is 1.00. The van der Waals surface area contributed by atoms with E-state index >= 15 is 0 Å². The van der Waals surface area contributed by atoms with Gasteiger partial charge in [-0.25, -0.2) is 4.39 Å². The van der Waals surface area contributed by atoms with Crippen LogP contribution in [0.4, 0.5) is 4.39 Å². The highest BCUT2D eigenvalue weighted by atomic mass is 35.5. The van der Waals surface area contributed by atoms with Crippen LogP contribution >= 0.6 is 12.4 Å². The Morgan fingerprint density at radius 1 is 1.36 bits per heavy atom. The Morgan fingerprint density at radius 3 is 2.36 bits per heavy atom.